The summed E-state index contributed by atoms with van der Waals surface area (Å²) in [5.41, 5.74) is 6.37. The molecule has 3 atom stereocenters. The molecule has 1 unspecified atom stereocenters. The van der Waals surface area contributed by atoms with E-state index < -0.39 is 0 Å². The number of phenols is 1. The molecular weight excluding hydrogens is 374 g/mol. The van der Waals surface area contributed by atoms with Crippen LogP contribution in [-0.4, -0.2) is 43.9 Å². The quantitative estimate of drug-likeness (QED) is 0.819. The molecule has 4 heteroatoms. The van der Waals surface area contributed by atoms with E-state index in [1.807, 2.05) is 6.07 Å². The van der Waals surface area contributed by atoms with Crippen LogP contribution in [0.1, 0.15) is 29.0 Å². The number of phenolic OH excluding ortho intramolecular Hbond substituents is 1. The molecule has 1 N–H and O–H groups in total. The van der Waals surface area contributed by atoms with Crippen LogP contribution in [0.15, 0.2) is 65.4 Å². The number of hydrogen-bond acceptors (Lipinski definition) is 4. The summed E-state index contributed by atoms with van der Waals surface area (Å²) in [5, 5.41) is 11.2. The Bertz CT molecular complexity index is 1020. The first-order valence-corrected chi connectivity index (χ1v) is 10.7. The third kappa shape index (κ3) is 2.93. The van der Waals surface area contributed by atoms with Crippen molar-refractivity contribution in [1.82, 2.24) is 4.90 Å². The van der Waals surface area contributed by atoms with E-state index in [1.165, 1.54) is 22.3 Å². The van der Waals surface area contributed by atoms with Crippen molar-refractivity contribution in [2.75, 3.05) is 27.8 Å². The van der Waals surface area contributed by atoms with Crippen molar-refractivity contribution in [3.63, 3.8) is 0 Å². The van der Waals surface area contributed by atoms with Crippen LogP contribution in [-0.2, 0) is 17.6 Å². The van der Waals surface area contributed by atoms with Crippen LogP contribution in [0.2, 0.25) is 0 Å². The molecule has 2 aromatic carbocycles. The number of aromatic hydroxyl groups is 1. The molecule has 156 valence electrons. The number of rotatable bonds is 4. The Morgan fingerprint density at radius 1 is 1.07 bits per heavy atom. The first kappa shape index (κ1) is 19.3. The van der Waals surface area contributed by atoms with Crippen molar-refractivity contribution in [2.45, 2.75) is 31.2 Å². The normalized spacial score (nSPS) is 25.3. The molecule has 1 heterocycles. The maximum absolute atomic E-state index is 11.2. The number of hydrogen-bond donors (Lipinski definition) is 1. The largest absolute Gasteiger partial charge is 0.504 e. The fraction of sp³-hybridized carbons (Fsp3) is 0.385. The Hall–Kier alpha value is -2.72. The Balaban J connectivity index is 1.72. The molecule has 4 nitrogen and oxygen atoms in total. The predicted octanol–water partition coefficient (Wildman–Crippen LogP) is 4.44. The monoisotopic (exact) mass is 403 g/mol. The minimum absolute atomic E-state index is 0.0896. The summed E-state index contributed by atoms with van der Waals surface area (Å²) in [7, 11) is 5.62. The number of fused-ring (bicyclic) bond motifs is 2. The maximum Gasteiger partial charge on any atom is 0.161 e. The molecule has 0 fully saturated rings. The van der Waals surface area contributed by atoms with Gasteiger partial charge in [0.05, 0.1) is 14.2 Å². The number of methoxy groups -OCH3 is 2. The van der Waals surface area contributed by atoms with Crippen molar-refractivity contribution in [3.05, 3.63) is 82.1 Å². The number of ether oxygens (including phenoxy) is 2. The van der Waals surface area contributed by atoms with E-state index in [2.05, 4.69) is 54.4 Å². The standard InChI is InChI=1S/C26H29NO3/c1-27-12-11-18-15-22(30-3)19(13-16-7-5-4-6-8-16)25-23(18)20(27)14-17-9-10-21(29-2)26(28)24(17)25/h4-10,15,19-20,25,28H,11-14H2,1-3H3/t19?,20-,25+/m1/s1. The van der Waals surface area contributed by atoms with Crippen LogP contribution in [0.3, 0.4) is 0 Å². The molecule has 3 aliphatic rings. The lowest BCUT2D eigenvalue weighted by molar-refractivity contribution is 0.190. The zero-order chi connectivity index (χ0) is 20.8. The summed E-state index contributed by atoms with van der Waals surface area (Å²) in [6, 6.07) is 15.0. The van der Waals surface area contributed by atoms with E-state index in [0.717, 1.165) is 37.1 Å². The van der Waals surface area contributed by atoms with E-state index >= 15 is 0 Å². The summed E-state index contributed by atoms with van der Waals surface area (Å²) in [5.74, 6) is 2.08. The van der Waals surface area contributed by atoms with E-state index in [4.69, 9.17) is 9.47 Å². The van der Waals surface area contributed by atoms with Crippen LogP contribution < -0.4 is 4.74 Å². The molecule has 0 saturated heterocycles. The van der Waals surface area contributed by atoms with Gasteiger partial charge < -0.3 is 14.6 Å². The van der Waals surface area contributed by atoms with Crippen LogP contribution in [0, 0.1) is 5.92 Å². The fourth-order valence-corrected chi connectivity index (χ4v) is 5.72. The Morgan fingerprint density at radius 3 is 2.60 bits per heavy atom. The molecule has 2 aliphatic carbocycles. The van der Waals surface area contributed by atoms with Crippen molar-refractivity contribution in [1.29, 1.82) is 0 Å². The van der Waals surface area contributed by atoms with Gasteiger partial charge in [0.1, 0.15) is 5.76 Å². The van der Waals surface area contributed by atoms with Crippen LogP contribution >= 0.6 is 0 Å². The van der Waals surface area contributed by atoms with Crippen molar-refractivity contribution in [2.24, 2.45) is 5.92 Å². The van der Waals surface area contributed by atoms with Gasteiger partial charge in [-0.05, 0) is 60.7 Å². The summed E-state index contributed by atoms with van der Waals surface area (Å²) in [4.78, 5) is 2.47. The van der Waals surface area contributed by atoms with Gasteiger partial charge in [0.25, 0.3) is 0 Å². The zero-order valence-corrected chi connectivity index (χ0v) is 17.9. The number of allylic oxidation sites excluding steroid dienone is 2. The average molecular weight is 404 g/mol. The average Bonchev–Trinajstić information content (AvgIpc) is 2.77. The lowest BCUT2D eigenvalue weighted by Gasteiger charge is -2.48. The van der Waals surface area contributed by atoms with Gasteiger partial charge in [-0.25, -0.2) is 0 Å². The summed E-state index contributed by atoms with van der Waals surface area (Å²) in [6.07, 6.45) is 5.09. The van der Waals surface area contributed by atoms with Gasteiger partial charge in [-0.3, -0.25) is 4.90 Å². The SMILES string of the molecule is COC1=CC2=C3[C@@H](Cc4ccc(OC)c(O)c4[C@H]3C1Cc1ccccc1)N(C)CC2. The maximum atomic E-state index is 11.2. The predicted molar refractivity (Wildman–Crippen MR) is 118 cm³/mol. The van der Waals surface area contributed by atoms with Gasteiger partial charge in [-0.1, -0.05) is 36.4 Å². The molecular formula is C26H29NO3. The summed E-state index contributed by atoms with van der Waals surface area (Å²) in [6.45, 7) is 1.05. The topological polar surface area (TPSA) is 41.9 Å². The second-order valence-electron chi connectivity index (χ2n) is 8.65. The van der Waals surface area contributed by atoms with E-state index in [1.54, 1.807) is 14.2 Å². The lowest BCUT2D eigenvalue weighted by Crippen LogP contribution is -2.47. The summed E-state index contributed by atoms with van der Waals surface area (Å²) < 4.78 is 11.4. The first-order valence-electron chi connectivity index (χ1n) is 10.7. The van der Waals surface area contributed by atoms with Crippen molar-refractivity contribution < 1.29 is 14.6 Å². The van der Waals surface area contributed by atoms with Gasteiger partial charge in [-0.2, -0.15) is 0 Å². The van der Waals surface area contributed by atoms with Crippen LogP contribution in [0.4, 0.5) is 0 Å². The second-order valence-corrected chi connectivity index (χ2v) is 8.65. The Labute approximate surface area is 178 Å². The van der Waals surface area contributed by atoms with E-state index in [-0.39, 0.29) is 17.6 Å². The Kier molecular flexibility index (Phi) is 4.82. The molecule has 0 saturated carbocycles. The molecule has 5 rings (SSSR count). The van der Waals surface area contributed by atoms with E-state index in [9.17, 15) is 5.11 Å². The van der Waals surface area contributed by atoms with Gasteiger partial charge in [-0.15, -0.1) is 0 Å². The molecule has 2 aromatic rings. The summed E-state index contributed by atoms with van der Waals surface area (Å²) >= 11 is 0. The highest BCUT2D eigenvalue weighted by Crippen LogP contribution is 2.55. The van der Waals surface area contributed by atoms with Gasteiger partial charge in [0.2, 0.25) is 0 Å². The molecule has 0 bridgehead atoms. The molecule has 1 aliphatic heterocycles. The van der Waals surface area contributed by atoms with Crippen LogP contribution in [0.5, 0.6) is 11.5 Å². The van der Waals surface area contributed by atoms with E-state index in [0.29, 0.717) is 11.8 Å². The fourth-order valence-electron chi connectivity index (χ4n) is 5.72. The number of likely N-dealkylation sites (N-methyl/N-ethyl adjacent to an activating group) is 1. The molecule has 0 aromatic heterocycles. The minimum atomic E-state index is 0.0896. The number of benzene rings is 2. The lowest BCUT2D eigenvalue weighted by atomic mass is 9.63. The number of nitrogens with zero attached hydrogens (tertiary/aromatic N) is 1. The minimum Gasteiger partial charge on any atom is -0.504 e. The molecule has 0 spiro atoms. The van der Waals surface area contributed by atoms with Crippen LogP contribution in [0.25, 0.3) is 0 Å². The highest BCUT2D eigenvalue weighted by Gasteiger charge is 2.46. The third-order valence-corrected chi connectivity index (χ3v) is 7.16. The zero-order valence-electron chi connectivity index (χ0n) is 17.9. The smallest absolute Gasteiger partial charge is 0.161 e. The van der Waals surface area contributed by atoms with Crippen molar-refractivity contribution >= 4 is 0 Å². The highest BCUT2D eigenvalue weighted by molar-refractivity contribution is 5.61. The molecule has 0 amide bonds. The molecule has 30 heavy (non-hydrogen) atoms. The second kappa shape index (κ2) is 7.51. The van der Waals surface area contributed by atoms with Gasteiger partial charge >= 0.3 is 0 Å². The van der Waals surface area contributed by atoms with Gasteiger partial charge in [0.15, 0.2) is 11.5 Å². The first-order chi connectivity index (χ1) is 14.6. The third-order valence-electron chi connectivity index (χ3n) is 7.16. The van der Waals surface area contributed by atoms with Crippen molar-refractivity contribution in [3.8, 4) is 11.5 Å². The van der Waals surface area contributed by atoms with Gasteiger partial charge in [0, 0.05) is 30.0 Å². The Morgan fingerprint density at radius 2 is 1.87 bits per heavy atom. The molecule has 0 radical (unpaired) electrons. The highest BCUT2D eigenvalue weighted by atomic mass is 16.5.